The maximum Gasteiger partial charge on any atom is 0.407 e. The Morgan fingerprint density at radius 2 is 1.91 bits per heavy atom. The number of ether oxygens (including phenoxy) is 1. The number of hydrogen-bond donors (Lipinski definition) is 3. The van der Waals surface area contributed by atoms with Gasteiger partial charge in [-0.3, -0.25) is 0 Å². The molecule has 130 valence electrons. The summed E-state index contributed by atoms with van der Waals surface area (Å²) < 4.78 is 5.28. The molecule has 22 heavy (non-hydrogen) atoms. The quantitative estimate of drug-likeness (QED) is 0.572. The first-order chi connectivity index (χ1) is 10.4. The summed E-state index contributed by atoms with van der Waals surface area (Å²) in [5.74, 6) is 0.505. The summed E-state index contributed by atoms with van der Waals surface area (Å²) in [6.07, 6.45) is 7.60. The predicted molar refractivity (Wildman–Crippen MR) is 88.9 cm³/mol. The van der Waals surface area contributed by atoms with Gasteiger partial charge in [-0.2, -0.15) is 0 Å². The van der Waals surface area contributed by atoms with Crippen LogP contribution in [-0.2, 0) is 4.74 Å². The van der Waals surface area contributed by atoms with E-state index in [-0.39, 0.29) is 6.09 Å². The highest BCUT2D eigenvalue weighted by Gasteiger charge is 2.27. The first-order valence-electron chi connectivity index (χ1n) is 8.73. The van der Waals surface area contributed by atoms with E-state index in [9.17, 15) is 4.79 Å². The van der Waals surface area contributed by atoms with Gasteiger partial charge in [0.2, 0.25) is 0 Å². The molecule has 0 heterocycles. The van der Waals surface area contributed by atoms with Crippen LogP contribution in [0.25, 0.3) is 0 Å². The molecule has 5 heteroatoms. The Hall–Kier alpha value is -0.810. The highest BCUT2D eigenvalue weighted by Crippen LogP contribution is 2.25. The van der Waals surface area contributed by atoms with Crippen LogP contribution in [-0.4, -0.2) is 42.5 Å². The second-order valence-electron chi connectivity index (χ2n) is 7.27. The summed E-state index contributed by atoms with van der Waals surface area (Å²) in [4.78, 5) is 11.7. The summed E-state index contributed by atoms with van der Waals surface area (Å²) in [5.41, 5.74) is -0.439. The van der Waals surface area contributed by atoms with Gasteiger partial charge in [0, 0.05) is 19.2 Å². The number of amides is 1. The van der Waals surface area contributed by atoms with E-state index in [1.54, 1.807) is 0 Å². The Morgan fingerprint density at radius 1 is 1.18 bits per heavy atom. The van der Waals surface area contributed by atoms with Gasteiger partial charge in [-0.05, 0) is 58.9 Å². The van der Waals surface area contributed by atoms with Crippen molar-refractivity contribution in [3.05, 3.63) is 0 Å². The SMILES string of the molecule is CC(C)(C)OC(=O)NCC1CCCC1NCCCCCCO. The summed E-state index contributed by atoms with van der Waals surface area (Å²) in [5, 5.41) is 15.3. The number of unbranched alkanes of at least 4 members (excludes halogenated alkanes) is 3. The fourth-order valence-corrected chi connectivity index (χ4v) is 2.96. The third-order valence-corrected chi connectivity index (χ3v) is 4.06. The fourth-order valence-electron chi connectivity index (χ4n) is 2.96. The third-order valence-electron chi connectivity index (χ3n) is 4.06. The molecule has 1 aliphatic rings. The van der Waals surface area contributed by atoms with Gasteiger partial charge in [0.05, 0.1) is 0 Å². The van der Waals surface area contributed by atoms with Crippen molar-refractivity contribution in [3.8, 4) is 0 Å². The van der Waals surface area contributed by atoms with E-state index in [1.807, 2.05) is 20.8 Å². The zero-order valence-electron chi connectivity index (χ0n) is 14.5. The molecule has 0 aliphatic heterocycles. The van der Waals surface area contributed by atoms with Crippen LogP contribution < -0.4 is 10.6 Å². The molecule has 3 N–H and O–H groups in total. The Labute approximate surface area is 135 Å². The second kappa shape index (κ2) is 10.1. The highest BCUT2D eigenvalue weighted by molar-refractivity contribution is 5.67. The molecule has 0 aromatic heterocycles. The average molecular weight is 314 g/mol. The maximum absolute atomic E-state index is 11.7. The molecule has 0 saturated heterocycles. The van der Waals surface area contributed by atoms with E-state index < -0.39 is 5.60 Å². The summed E-state index contributed by atoms with van der Waals surface area (Å²) >= 11 is 0. The number of hydrogen-bond acceptors (Lipinski definition) is 4. The minimum atomic E-state index is -0.439. The average Bonchev–Trinajstić information content (AvgIpc) is 2.86. The second-order valence-corrected chi connectivity index (χ2v) is 7.27. The van der Waals surface area contributed by atoms with Gasteiger partial charge >= 0.3 is 6.09 Å². The van der Waals surface area contributed by atoms with Gasteiger partial charge in [-0.1, -0.05) is 19.3 Å². The molecule has 1 aliphatic carbocycles. The van der Waals surface area contributed by atoms with Crippen LogP contribution in [0.2, 0.25) is 0 Å². The number of carbonyl (C=O) groups is 1. The summed E-state index contributed by atoms with van der Waals surface area (Å²) in [7, 11) is 0. The van der Waals surface area contributed by atoms with E-state index in [2.05, 4.69) is 10.6 Å². The van der Waals surface area contributed by atoms with Crippen LogP contribution >= 0.6 is 0 Å². The molecule has 1 amide bonds. The normalized spacial score (nSPS) is 21.8. The number of aliphatic hydroxyl groups excluding tert-OH is 1. The lowest BCUT2D eigenvalue weighted by molar-refractivity contribution is 0.0517. The Kier molecular flexibility index (Phi) is 8.79. The van der Waals surface area contributed by atoms with Crippen molar-refractivity contribution in [2.45, 2.75) is 77.4 Å². The molecule has 1 rings (SSSR count). The van der Waals surface area contributed by atoms with Gasteiger partial charge in [0.25, 0.3) is 0 Å². The Bertz CT molecular complexity index is 316. The molecule has 0 aromatic carbocycles. The molecule has 0 bridgehead atoms. The molecule has 1 fully saturated rings. The first-order valence-corrected chi connectivity index (χ1v) is 8.73. The molecule has 2 unspecified atom stereocenters. The van der Waals surface area contributed by atoms with Crippen molar-refractivity contribution in [1.29, 1.82) is 0 Å². The highest BCUT2D eigenvalue weighted by atomic mass is 16.6. The monoisotopic (exact) mass is 314 g/mol. The third kappa shape index (κ3) is 8.59. The van der Waals surface area contributed by atoms with Gasteiger partial charge < -0.3 is 20.5 Å². The topological polar surface area (TPSA) is 70.6 Å². The largest absolute Gasteiger partial charge is 0.444 e. The first kappa shape index (κ1) is 19.2. The molecule has 5 nitrogen and oxygen atoms in total. The molecule has 0 spiro atoms. The van der Waals surface area contributed by atoms with E-state index in [0.29, 0.717) is 25.1 Å². The number of rotatable bonds is 9. The maximum atomic E-state index is 11.7. The van der Waals surface area contributed by atoms with Crippen molar-refractivity contribution < 1.29 is 14.6 Å². The number of carbonyl (C=O) groups excluding carboxylic acids is 1. The standard InChI is InChI=1S/C17H34N2O3/c1-17(2,3)22-16(21)19-13-14-9-8-10-15(14)18-11-6-4-5-7-12-20/h14-15,18,20H,4-13H2,1-3H3,(H,19,21). The summed E-state index contributed by atoms with van der Waals surface area (Å²) in [6, 6.07) is 0.507. The predicted octanol–water partition coefficient (Wildman–Crippen LogP) is 2.82. The van der Waals surface area contributed by atoms with Crippen LogP contribution in [0.1, 0.15) is 65.7 Å². The van der Waals surface area contributed by atoms with Crippen molar-refractivity contribution >= 4 is 6.09 Å². The minimum absolute atomic E-state index is 0.300. The van der Waals surface area contributed by atoms with E-state index >= 15 is 0 Å². The van der Waals surface area contributed by atoms with Crippen LogP contribution in [0.3, 0.4) is 0 Å². The molecule has 0 radical (unpaired) electrons. The van der Waals surface area contributed by atoms with Crippen LogP contribution in [0, 0.1) is 5.92 Å². The zero-order valence-corrected chi connectivity index (χ0v) is 14.5. The van der Waals surface area contributed by atoms with Gasteiger partial charge in [0.1, 0.15) is 5.60 Å². The molecule has 1 saturated carbocycles. The summed E-state index contributed by atoms with van der Waals surface area (Å²) in [6.45, 7) is 7.65. The molecular weight excluding hydrogens is 280 g/mol. The van der Waals surface area contributed by atoms with Crippen molar-refractivity contribution in [2.75, 3.05) is 19.7 Å². The van der Waals surface area contributed by atoms with Crippen LogP contribution in [0.5, 0.6) is 0 Å². The lowest BCUT2D eigenvalue weighted by Crippen LogP contribution is -2.41. The van der Waals surface area contributed by atoms with Crippen LogP contribution in [0.4, 0.5) is 4.79 Å². The Balaban J connectivity index is 2.16. The van der Waals surface area contributed by atoms with Crippen LogP contribution in [0.15, 0.2) is 0 Å². The van der Waals surface area contributed by atoms with Gasteiger partial charge in [0.15, 0.2) is 0 Å². The minimum Gasteiger partial charge on any atom is -0.444 e. The number of alkyl carbamates (subject to hydrolysis) is 1. The van der Waals surface area contributed by atoms with Gasteiger partial charge in [-0.15, -0.1) is 0 Å². The smallest absolute Gasteiger partial charge is 0.407 e. The number of nitrogens with one attached hydrogen (secondary N) is 2. The van der Waals surface area contributed by atoms with Crippen molar-refractivity contribution in [2.24, 2.45) is 5.92 Å². The zero-order chi connectivity index (χ0) is 16.4. The van der Waals surface area contributed by atoms with E-state index in [4.69, 9.17) is 9.84 Å². The van der Waals surface area contributed by atoms with E-state index in [1.165, 1.54) is 19.3 Å². The lowest BCUT2D eigenvalue weighted by atomic mass is 10.0. The van der Waals surface area contributed by atoms with Gasteiger partial charge in [-0.25, -0.2) is 4.79 Å². The molecular formula is C17H34N2O3. The van der Waals surface area contributed by atoms with Crippen molar-refractivity contribution in [1.82, 2.24) is 10.6 Å². The molecule has 0 aromatic rings. The fraction of sp³-hybridized carbons (Fsp3) is 0.941. The van der Waals surface area contributed by atoms with Crippen molar-refractivity contribution in [3.63, 3.8) is 0 Å². The number of aliphatic hydroxyl groups is 1. The van der Waals surface area contributed by atoms with E-state index in [0.717, 1.165) is 32.2 Å². The molecule has 2 atom stereocenters. The lowest BCUT2D eigenvalue weighted by Gasteiger charge is -2.23. The Morgan fingerprint density at radius 3 is 2.59 bits per heavy atom.